The van der Waals surface area contributed by atoms with Crippen molar-refractivity contribution in [2.24, 2.45) is 0 Å². The number of esters is 1. The monoisotopic (exact) mass is 342 g/mol. The lowest BCUT2D eigenvalue weighted by Gasteiger charge is -2.21. The number of rotatable bonds is 11. The highest BCUT2D eigenvalue weighted by Gasteiger charge is 2.16. The van der Waals surface area contributed by atoms with E-state index in [1.54, 1.807) is 23.9 Å². The first kappa shape index (κ1) is 22.1. The van der Waals surface area contributed by atoms with Crippen molar-refractivity contribution in [1.82, 2.24) is 9.80 Å². The molecule has 0 atom stereocenters. The van der Waals surface area contributed by atoms with Crippen molar-refractivity contribution >= 4 is 23.6 Å². The second-order valence-corrected chi connectivity index (χ2v) is 6.11. The molecule has 0 aromatic heterocycles. The molecule has 7 heteroatoms. The predicted molar refractivity (Wildman–Crippen MR) is 90.3 cm³/mol. The standard InChI is InChI=1S/C17H30N2O5/c1-6-11-18(4)15(21)9-10-17(23)24-12-14(20)7-8-16(22)19(5)13(2)3/h13H,6-12H2,1-5H3. The Labute approximate surface area is 144 Å². The first-order chi connectivity index (χ1) is 11.2. The summed E-state index contributed by atoms with van der Waals surface area (Å²) in [5.74, 6) is -1.12. The van der Waals surface area contributed by atoms with Gasteiger partial charge in [-0.25, -0.2) is 0 Å². The average Bonchev–Trinajstić information content (AvgIpc) is 2.54. The molecular formula is C17H30N2O5. The van der Waals surface area contributed by atoms with Crippen molar-refractivity contribution in [1.29, 1.82) is 0 Å². The fourth-order valence-corrected chi connectivity index (χ4v) is 1.88. The summed E-state index contributed by atoms with van der Waals surface area (Å²) < 4.78 is 4.85. The number of ketones is 1. The molecule has 0 rings (SSSR count). The van der Waals surface area contributed by atoms with Gasteiger partial charge in [0.2, 0.25) is 11.8 Å². The highest BCUT2D eigenvalue weighted by molar-refractivity contribution is 5.87. The Balaban J connectivity index is 3.96. The van der Waals surface area contributed by atoms with Crippen LogP contribution in [-0.4, -0.2) is 66.7 Å². The number of hydrogen-bond acceptors (Lipinski definition) is 5. The third-order valence-corrected chi connectivity index (χ3v) is 3.71. The number of hydrogen-bond donors (Lipinski definition) is 0. The molecule has 0 bridgehead atoms. The number of Topliss-reactive ketones (excluding diaryl/α,β-unsaturated/α-hetero) is 1. The van der Waals surface area contributed by atoms with Crippen LogP contribution in [0.15, 0.2) is 0 Å². The van der Waals surface area contributed by atoms with E-state index >= 15 is 0 Å². The second kappa shape index (κ2) is 11.6. The van der Waals surface area contributed by atoms with E-state index in [0.29, 0.717) is 6.54 Å². The fraction of sp³-hybridized carbons (Fsp3) is 0.765. The maximum absolute atomic E-state index is 11.7. The van der Waals surface area contributed by atoms with E-state index in [9.17, 15) is 19.2 Å². The van der Waals surface area contributed by atoms with Crippen LogP contribution in [0.5, 0.6) is 0 Å². The van der Waals surface area contributed by atoms with Crippen molar-refractivity contribution in [3.05, 3.63) is 0 Å². The molecule has 0 saturated heterocycles. The minimum absolute atomic E-state index is 0.0430. The van der Waals surface area contributed by atoms with E-state index < -0.39 is 5.97 Å². The first-order valence-corrected chi connectivity index (χ1v) is 8.35. The molecule has 24 heavy (non-hydrogen) atoms. The highest BCUT2D eigenvalue weighted by Crippen LogP contribution is 2.03. The maximum atomic E-state index is 11.7. The molecule has 0 unspecified atom stereocenters. The third kappa shape index (κ3) is 9.27. The Morgan fingerprint density at radius 3 is 2.04 bits per heavy atom. The lowest BCUT2D eigenvalue weighted by atomic mass is 10.2. The van der Waals surface area contributed by atoms with Gasteiger partial charge in [0.25, 0.3) is 0 Å². The molecule has 0 heterocycles. The van der Waals surface area contributed by atoms with E-state index in [1.807, 2.05) is 20.8 Å². The lowest BCUT2D eigenvalue weighted by Crippen LogP contribution is -2.33. The molecule has 0 aliphatic rings. The maximum Gasteiger partial charge on any atom is 0.306 e. The zero-order valence-corrected chi connectivity index (χ0v) is 15.5. The molecule has 0 aliphatic heterocycles. The molecule has 0 fully saturated rings. The molecule has 0 saturated carbocycles. The van der Waals surface area contributed by atoms with Gasteiger partial charge in [0, 0.05) is 45.9 Å². The Morgan fingerprint density at radius 1 is 0.917 bits per heavy atom. The zero-order chi connectivity index (χ0) is 18.7. The van der Waals surface area contributed by atoms with Crippen LogP contribution in [0.4, 0.5) is 0 Å². The summed E-state index contributed by atoms with van der Waals surface area (Å²) in [6.45, 7) is 6.04. The quantitative estimate of drug-likeness (QED) is 0.530. The molecule has 0 aromatic carbocycles. The van der Waals surface area contributed by atoms with E-state index in [2.05, 4.69) is 0 Å². The number of nitrogens with zero attached hydrogens (tertiary/aromatic N) is 2. The minimum Gasteiger partial charge on any atom is -0.458 e. The SMILES string of the molecule is CCCN(C)C(=O)CCC(=O)OCC(=O)CCC(=O)N(C)C(C)C. The molecule has 0 radical (unpaired) electrons. The van der Waals surface area contributed by atoms with Gasteiger partial charge in [-0.05, 0) is 20.3 Å². The fourth-order valence-electron chi connectivity index (χ4n) is 1.88. The van der Waals surface area contributed by atoms with Crippen molar-refractivity contribution in [3.63, 3.8) is 0 Å². The number of amides is 2. The van der Waals surface area contributed by atoms with E-state index in [4.69, 9.17) is 4.74 Å². The van der Waals surface area contributed by atoms with Crippen LogP contribution in [0.25, 0.3) is 0 Å². The van der Waals surface area contributed by atoms with Crippen LogP contribution in [0.1, 0.15) is 52.9 Å². The number of ether oxygens (including phenoxy) is 1. The van der Waals surface area contributed by atoms with Gasteiger partial charge in [-0.3, -0.25) is 19.2 Å². The van der Waals surface area contributed by atoms with Crippen LogP contribution < -0.4 is 0 Å². The van der Waals surface area contributed by atoms with Gasteiger partial charge < -0.3 is 14.5 Å². The van der Waals surface area contributed by atoms with Crippen molar-refractivity contribution in [2.75, 3.05) is 27.2 Å². The largest absolute Gasteiger partial charge is 0.458 e. The summed E-state index contributed by atoms with van der Waals surface area (Å²) in [6, 6.07) is 0.0776. The molecule has 0 aliphatic carbocycles. The van der Waals surface area contributed by atoms with Crippen molar-refractivity contribution in [2.45, 2.75) is 58.9 Å². The Morgan fingerprint density at radius 2 is 1.50 bits per heavy atom. The topological polar surface area (TPSA) is 84.0 Å². The minimum atomic E-state index is -0.577. The molecule has 0 aromatic rings. The van der Waals surface area contributed by atoms with E-state index in [1.165, 1.54) is 0 Å². The van der Waals surface area contributed by atoms with Gasteiger partial charge in [-0.1, -0.05) is 6.92 Å². The second-order valence-electron chi connectivity index (χ2n) is 6.11. The average molecular weight is 342 g/mol. The summed E-state index contributed by atoms with van der Waals surface area (Å²) in [4.78, 5) is 49.8. The normalized spacial score (nSPS) is 10.4. The summed E-state index contributed by atoms with van der Waals surface area (Å²) in [6.07, 6.45) is 1.02. The van der Waals surface area contributed by atoms with Crippen LogP contribution >= 0.6 is 0 Å². The molecule has 0 spiro atoms. The van der Waals surface area contributed by atoms with Crippen LogP contribution in [-0.2, 0) is 23.9 Å². The summed E-state index contributed by atoms with van der Waals surface area (Å²) in [5.41, 5.74) is 0. The van der Waals surface area contributed by atoms with Gasteiger partial charge >= 0.3 is 5.97 Å². The van der Waals surface area contributed by atoms with Crippen LogP contribution in [0, 0.1) is 0 Å². The Hall–Kier alpha value is -1.92. The van der Waals surface area contributed by atoms with Crippen LogP contribution in [0.3, 0.4) is 0 Å². The predicted octanol–water partition coefficient (Wildman–Crippen LogP) is 1.39. The Bertz CT molecular complexity index is 448. The lowest BCUT2D eigenvalue weighted by molar-refractivity contribution is -0.149. The van der Waals surface area contributed by atoms with Gasteiger partial charge in [0.1, 0.15) is 6.61 Å². The molecule has 7 nitrogen and oxygen atoms in total. The molecular weight excluding hydrogens is 312 g/mol. The molecule has 2 amide bonds. The summed E-state index contributed by atoms with van der Waals surface area (Å²) in [5, 5.41) is 0. The summed E-state index contributed by atoms with van der Waals surface area (Å²) in [7, 11) is 3.37. The highest BCUT2D eigenvalue weighted by atomic mass is 16.5. The summed E-state index contributed by atoms with van der Waals surface area (Å²) >= 11 is 0. The van der Waals surface area contributed by atoms with Crippen molar-refractivity contribution < 1.29 is 23.9 Å². The molecule has 138 valence electrons. The number of carbonyl (C=O) groups is 4. The van der Waals surface area contributed by atoms with Crippen molar-refractivity contribution in [3.8, 4) is 0 Å². The van der Waals surface area contributed by atoms with Gasteiger partial charge in [-0.2, -0.15) is 0 Å². The first-order valence-electron chi connectivity index (χ1n) is 8.35. The van der Waals surface area contributed by atoms with E-state index in [0.717, 1.165) is 6.42 Å². The Kier molecular flexibility index (Phi) is 10.7. The van der Waals surface area contributed by atoms with Gasteiger partial charge in [0.15, 0.2) is 5.78 Å². The zero-order valence-electron chi connectivity index (χ0n) is 15.5. The molecule has 0 N–H and O–H groups in total. The number of carbonyl (C=O) groups excluding carboxylic acids is 4. The van der Waals surface area contributed by atoms with Gasteiger partial charge in [-0.15, -0.1) is 0 Å². The van der Waals surface area contributed by atoms with E-state index in [-0.39, 0.29) is 55.9 Å². The van der Waals surface area contributed by atoms with Gasteiger partial charge in [0.05, 0.1) is 6.42 Å². The third-order valence-electron chi connectivity index (χ3n) is 3.71. The smallest absolute Gasteiger partial charge is 0.306 e. The van der Waals surface area contributed by atoms with Crippen LogP contribution in [0.2, 0.25) is 0 Å².